The summed E-state index contributed by atoms with van der Waals surface area (Å²) < 4.78 is 21.5. The standard InChI is InChI=1S/C25H29N3O6/c1-4-28(13-16-6-11-20-21(12-16)34-15-33-20)14-19-22(24(29)32-5-2)23(27-25(30)26-19)17-7-9-18(31-3)10-8-17/h6-12,23H,4-5,13-15H2,1-3H3,(H2,26,27,30). The summed E-state index contributed by atoms with van der Waals surface area (Å²) in [4.78, 5) is 27.7. The van der Waals surface area contributed by atoms with E-state index >= 15 is 0 Å². The number of methoxy groups -OCH3 is 1. The number of esters is 1. The number of urea groups is 1. The molecule has 0 spiro atoms. The molecule has 2 amide bonds. The molecule has 2 heterocycles. The Labute approximate surface area is 198 Å². The van der Waals surface area contributed by atoms with E-state index in [2.05, 4.69) is 15.5 Å². The molecule has 1 atom stereocenters. The lowest BCUT2D eigenvalue weighted by atomic mass is 9.94. The Hall–Kier alpha value is -3.72. The van der Waals surface area contributed by atoms with Crippen LogP contribution in [0.25, 0.3) is 0 Å². The minimum atomic E-state index is -0.641. The van der Waals surface area contributed by atoms with Crippen molar-refractivity contribution in [2.75, 3.05) is 33.6 Å². The van der Waals surface area contributed by atoms with Crippen LogP contribution in [0.4, 0.5) is 4.79 Å². The molecule has 2 N–H and O–H groups in total. The van der Waals surface area contributed by atoms with Gasteiger partial charge in [-0.2, -0.15) is 0 Å². The molecular weight excluding hydrogens is 438 g/mol. The highest BCUT2D eigenvalue weighted by atomic mass is 16.7. The lowest BCUT2D eigenvalue weighted by Crippen LogP contribution is -2.48. The fraction of sp³-hybridized carbons (Fsp3) is 0.360. The van der Waals surface area contributed by atoms with Gasteiger partial charge in [0.1, 0.15) is 5.75 Å². The van der Waals surface area contributed by atoms with Crippen molar-refractivity contribution in [3.63, 3.8) is 0 Å². The number of rotatable bonds is 9. The van der Waals surface area contributed by atoms with Gasteiger partial charge in [0, 0.05) is 18.8 Å². The first-order valence-electron chi connectivity index (χ1n) is 11.2. The van der Waals surface area contributed by atoms with Crippen molar-refractivity contribution in [1.29, 1.82) is 0 Å². The monoisotopic (exact) mass is 467 g/mol. The van der Waals surface area contributed by atoms with Gasteiger partial charge in [0.2, 0.25) is 6.79 Å². The second kappa shape index (κ2) is 10.5. The van der Waals surface area contributed by atoms with Gasteiger partial charge in [-0.25, -0.2) is 9.59 Å². The van der Waals surface area contributed by atoms with Crippen molar-refractivity contribution < 1.29 is 28.5 Å². The number of carbonyl (C=O) groups is 2. The van der Waals surface area contributed by atoms with Crippen LogP contribution in [0, 0.1) is 0 Å². The summed E-state index contributed by atoms with van der Waals surface area (Å²) in [6.45, 7) is 5.90. The number of fused-ring (bicyclic) bond motifs is 1. The lowest BCUT2D eigenvalue weighted by molar-refractivity contribution is -0.139. The average molecular weight is 468 g/mol. The fourth-order valence-electron chi connectivity index (χ4n) is 4.04. The van der Waals surface area contributed by atoms with Crippen LogP contribution in [-0.4, -0.2) is 50.5 Å². The summed E-state index contributed by atoms with van der Waals surface area (Å²) in [5.74, 6) is 1.67. The molecule has 0 aliphatic carbocycles. The van der Waals surface area contributed by atoms with Crippen molar-refractivity contribution in [2.45, 2.75) is 26.4 Å². The van der Waals surface area contributed by atoms with E-state index in [-0.39, 0.29) is 19.4 Å². The second-order valence-corrected chi connectivity index (χ2v) is 7.91. The van der Waals surface area contributed by atoms with Gasteiger partial charge in [0.15, 0.2) is 11.5 Å². The van der Waals surface area contributed by atoms with Gasteiger partial charge >= 0.3 is 12.0 Å². The molecule has 0 fully saturated rings. The van der Waals surface area contributed by atoms with Crippen LogP contribution >= 0.6 is 0 Å². The maximum absolute atomic E-state index is 13.0. The summed E-state index contributed by atoms with van der Waals surface area (Å²) >= 11 is 0. The molecule has 2 aromatic carbocycles. The average Bonchev–Trinajstić information content (AvgIpc) is 3.31. The highest BCUT2D eigenvalue weighted by molar-refractivity contribution is 5.95. The molecule has 2 aliphatic rings. The van der Waals surface area contributed by atoms with Crippen LogP contribution in [-0.2, 0) is 16.1 Å². The van der Waals surface area contributed by atoms with Crippen LogP contribution < -0.4 is 24.8 Å². The number of hydrogen-bond acceptors (Lipinski definition) is 7. The Morgan fingerprint density at radius 2 is 1.85 bits per heavy atom. The molecule has 0 aromatic heterocycles. The van der Waals surface area contributed by atoms with Crippen LogP contribution in [0.5, 0.6) is 17.2 Å². The van der Waals surface area contributed by atoms with Crippen molar-refractivity contribution in [3.8, 4) is 17.2 Å². The van der Waals surface area contributed by atoms with E-state index in [1.807, 2.05) is 37.3 Å². The van der Waals surface area contributed by atoms with Crippen molar-refractivity contribution >= 4 is 12.0 Å². The van der Waals surface area contributed by atoms with Gasteiger partial charge in [-0.3, -0.25) is 4.90 Å². The number of carbonyl (C=O) groups excluding carboxylic acids is 2. The molecule has 2 aliphatic heterocycles. The zero-order valence-electron chi connectivity index (χ0n) is 19.6. The lowest BCUT2D eigenvalue weighted by Gasteiger charge is -2.32. The highest BCUT2D eigenvalue weighted by Crippen LogP contribution is 2.33. The van der Waals surface area contributed by atoms with Gasteiger partial charge in [0.25, 0.3) is 0 Å². The topological polar surface area (TPSA) is 98.4 Å². The van der Waals surface area contributed by atoms with E-state index in [1.165, 1.54) is 0 Å². The Balaban J connectivity index is 1.63. The zero-order valence-corrected chi connectivity index (χ0v) is 19.6. The Morgan fingerprint density at radius 1 is 1.09 bits per heavy atom. The van der Waals surface area contributed by atoms with Crippen molar-refractivity contribution in [1.82, 2.24) is 15.5 Å². The summed E-state index contributed by atoms with van der Waals surface area (Å²) in [7, 11) is 1.59. The fourth-order valence-corrected chi connectivity index (χ4v) is 4.04. The van der Waals surface area contributed by atoms with Crippen molar-refractivity contribution in [3.05, 3.63) is 64.9 Å². The third-order valence-electron chi connectivity index (χ3n) is 5.77. The molecule has 34 heavy (non-hydrogen) atoms. The Bertz CT molecular complexity index is 1080. The van der Waals surface area contributed by atoms with Gasteiger partial charge in [-0.05, 0) is 48.9 Å². The maximum atomic E-state index is 13.0. The van der Waals surface area contributed by atoms with Gasteiger partial charge in [-0.15, -0.1) is 0 Å². The van der Waals surface area contributed by atoms with Gasteiger partial charge in [0.05, 0.1) is 25.3 Å². The van der Waals surface area contributed by atoms with Crippen LogP contribution in [0.15, 0.2) is 53.7 Å². The first-order valence-corrected chi connectivity index (χ1v) is 11.2. The molecular formula is C25H29N3O6. The van der Waals surface area contributed by atoms with Crippen molar-refractivity contribution in [2.24, 2.45) is 0 Å². The highest BCUT2D eigenvalue weighted by Gasteiger charge is 2.34. The Morgan fingerprint density at radius 3 is 2.56 bits per heavy atom. The van der Waals surface area contributed by atoms with Gasteiger partial charge in [-0.1, -0.05) is 25.1 Å². The number of hydrogen-bond donors (Lipinski definition) is 2. The first kappa shape index (κ1) is 23.4. The second-order valence-electron chi connectivity index (χ2n) is 7.91. The first-order chi connectivity index (χ1) is 16.5. The number of ether oxygens (including phenoxy) is 4. The predicted octanol–water partition coefficient (Wildman–Crippen LogP) is 3.12. The molecule has 0 radical (unpaired) electrons. The zero-order chi connectivity index (χ0) is 24.1. The molecule has 9 heteroatoms. The molecule has 4 rings (SSSR count). The number of benzene rings is 2. The van der Waals surface area contributed by atoms with E-state index < -0.39 is 12.0 Å². The minimum Gasteiger partial charge on any atom is -0.497 e. The SMILES string of the molecule is CCOC(=O)C1=C(CN(CC)Cc2ccc3c(c2)OCO3)NC(=O)NC1c1ccc(OC)cc1. The molecule has 180 valence electrons. The quantitative estimate of drug-likeness (QED) is 0.547. The Kier molecular flexibility index (Phi) is 7.22. The molecule has 9 nitrogen and oxygen atoms in total. The van der Waals surface area contributed by atoms with Gasteiger partial charge < -0.3 is 29.6 Å². The summed E-state index contributed by atoms with van der Waals surface area (Å²) in [6.07, 6.45) is 0. The summed E-state index contributed by atoms with van der Waals surface area (Å²) in [5.41, 5.74) is 2.70. The normalized spacial score (nSPS) is 16.8. The summed E-state index contributed by atoms with van der Waals surface area (Å²) in [6, 6.07) is 12.1. The number of likely N-dealkylation sites (N-methyl/N-ethyl adjacent to an activating group) is 1. The largest absolute Gasteiger partial charge is 0.497 e. The van der Waals surface area contributed by atoms with E-state index in [4.69, 9.17) is 18.9 Å². The number of nitrogens with one attached hydrogen (secondary N) is 2. The molecule has 2 aromatic rings. The number of nitrogens with zero attached hydrogens (tertiary/aromatic N) is 1. The van der Waals surface area contributed by atoms with E-state index in [0.717, 1.165) is 22.6 Å². The van der Waals surface area contributed by atoms with E-state index in [9.17, 15) is 9.59 Å². The molecule has 0 bridgehead atoms. The molecule has 0 saturated heterocycles. The molecule has 1 unspecified atom stereocenters. The van der Waals surface area contributed by atoms with E-state index in [1.54, 1.807) is 26.2 Å². The minimum absolute atomic E-state index is 0.220. The third-order valence-corrected chi connectivity index (χ3v) is 5.77. The number of amides is 2. The third kappa shape index (κ3) is 5.09. The predicted molar refractivity (Wildman–Crippen MR) is 125 cm³/mol. The maximum Gasteiger partial charge on any atom is 0.338 e. The van der Waals surface area contributed by atoms with Crippen LogP contribution in [0.3, 0.4) is 0 Å². The smallest absolute Gasteiger partial charge is 0.338 e. The summed E-state index contributed by atoms with van der Waals surface area (Å²) in [5, 5.41) is 5.70. The van der Waals surface area contributed by atoms with Crippen LogP contribution in [0.1, 0.15) is 31.0 Å². The van der Waals surface area contributed by atoms with Crippen LogP contribution in [0.2, 0.25) is 0 Å². The van der Waals surface area contributed by atoms with E-state index in [0.29, 0.717) is 36.7 Å². The molecule has 0 saturated carbocycles.